The minimum absolute atomic E-state index is 0.0922. The van der Waals surface area contributed by atoms with Gasteiger partial charge in [0.1, 0.15) is 11.5 Å². The number of carbonyl (C=O) groups is 1. The van der Waals surface area contributed by atoms with E-state index < -0.39 is 6.10 Å². The molecule has 26 heavy (non-hydrogen) atoms. The van der Waals surface area contributed by atoms with Crippen molar-refractivity contribution in [3.8, 4) is 11.5 Å². The van der Waals surface area contributed by atoms with Crippen molar-refractivity contribution in [1.29, 1.82) is 0 Å². The average Bonchev–Trinajstić information content (AvgIpc) is 2.63. The lowest BCUT2D eigenvalue weighted by molar-refractivity contribution is -0.127. The quantitative estimate of drug-likeness (QED) is 0.778. The first-order chi connectivity index (χ1) is 12.4. The van der Waals surface area contributed by atoms with E-state index in [9.17, 15) is 9.59 Å². The highest BCUT2D eigenvalue weighted by atomic mass is 16.5. The minimum atomic E-state index is -0.650. The first-order valence-electron chi connectivity index (χ1n) is 8.62. The van der Waals surface area contributed by atoms with E-state index in [1.807, 2.05) is 6.92 Å². The van der Waals surface area contributed by atoms with E-state index in [0.29, 0.717) is 36.7 Å². The largest absolute Gasteiger partial charge is 0.494 e. The first-order valence-corrected chi connectivity index (χ1v) is 8.62. The molecular formula is C19H25N3O4. The van der Waals surface area contributed by atoms with Gasteiger partial charge in [-0.25, -0.2) is 4.98 Å². The number of hydrogen-bond donors (Lipinski definition) is 1. The molecule has 0 spiro atoms. The van der Waals surface area contributed by atoms with Crippen LogP contribution in [0.4, 0.5) is 0 Å². The maximum Gasteiger partial charge on any atom is 0.260 e. The highest BCUT2D eigenvalue weighted by Crippen LogP contribution is 2.18. The number of hydrogen-bond acceptors (Lipinski definition) is 5. The number of ether oxygens (including phenoxy) is 2. The van der Waals surface area contributed by atoms with Crippen LogP contribution in [-0.4, -0.2) is 34.7 Å². The summed E-state index contributed by atoms with van der Waals surface area (Å²) in [6.07, 6.45) is 0.846. The van der Waals surface area contributed by atoms with Crippen molar-refractivity contribution < 1.29 is 14.3 Å². The maximum absolute atomic E-state index is 12.1. The second-order valence-corrected chi connectivity index (χ2v) is 5.91. The van der Waals surface area contributed by atoms with Crippen LogP contribution in [-0.2, 0) is 11.3 Å². The van der Waals surface area contributed by atoms with Crippen LogP contribution in [0.2, 0.25) is 0 Å². The molecule has 0 saturated carbocycles. The first kappa shape index (κ1) is 19.5. The molecule has 1 unspecified atom stereocenters. The minimum Gasteiger partial charge on any atom is -0.494 e. The zero-order chi connectivity index (χ0) is 19.1. The Kier molecular flexibility index (Phi) is 6.77. The summed E-state index contributed by atoms with van der Waals surface area (Å²) in [5, 5.41) is 2.77. The predicted octanol–water partition coefficient (Wildman–Crippen LogP) is 1.84. The molecule has 1 aromatic heterocycles. The van der Waals surface area contributed by atoms with Gasteiger partial charge >= 0.3 is 0 Å². The van der Waals surface area contributed by atoms with Gasteiger partial charge in [0.05, 0.1) is 12.9 Å². The van der Waals surface area contributed by atoms with Gasteiger partial charge < -0.3 is 14.8 Å². The van der Waals surface area contributed by atoms with E-state index in [4.69, 9.17) is 9.47 Å². The Labute approximate surface area is 153 Å². The predicted molar refractivity (Wildman–Crippen MR) is 98.7 cm³/mol. The molecule has 7 nitrogen and oxygen atoms in total. The Morgan fingerprint density at radius 2 is 1.88 bits per heavy atom. The van der Waals surface area contributed by atoms with E-state index in [0.717, 1.165) is 5.75 Å². The van der Waals surface area contributed by atoms with Crippen LogP contribution in [0.25, 0.3) is 0 Å². The maximum atomic E-state index is 12.1. The summed E-state index contributed by atoms with van der Waals surface area (Å²) in [4.78, 5) is 28.4. The normalized spacial score (nSPS) is 11.7. The smallest absolute Gasteiger partial charge is 0.260 e. The zero-order valence-electron chi connectivity index (χ0n) is 15.6. The second-order valence-electron chi connectivity index (χ2n) is 5.91. The van der Waals surface area contributed by atoms with E-state index in [-0.39, 0.29) is 11.5 Å². The van der Waals surface area contributed by atoms with Gasteiger partial charge in [0.15, 0.2) is 6.10 Å². The summed E-state index contributed by atoms with van der Waals surface area (Å²) in [6.45, 7) is 8.40. The number of nitrogens with one attached hydrogen (secondary N) is 1. The Bertz CT molecular complexity index is 799. The molecule has 0 saturated heterocycles. The fraction of sp³-hybridized carbons (Fsp3) is 0.421. The molecule has 0 aliphatic rings. The van der Waals surface area contributed by atoms with Crippen LogP contribution in [0, 0.1) is 13.8 Å². The third-order valence-corrected chi connectivity index (χ3v) is 3.98. The summed E-state index contributed by atoms with van der Waals surface area (Å²) in [6, 6.07) is 7.11. The number of benzene rings is 1. The Morgan fingerprint density at radius 1 is 1.23 bits per heavy atom. The van der Waals surface area contributed by atoms with Gasteiger partial charge in [0, 0.05) is 24.3 Å². The molecule has 7 heteroatoms. The van der Waals surface area contributed by atoms with Crippen LogP contribution < -0.4 is 20.3 Å². The average molecular weight is 359 g/mol. The van der Waals surface area contributed by atoms with Crippen molar-refractivity contribution in [2.75, 3.05) is 13.2 Å². The lowest BCUT2D eigenvalue weighted by atomic mass is 10.3. The SMILES string of the molecule is CCOc1ccc(OC(C)C(=O)NCCn2cnc(C)c(C)c2=O)cc1. The third-order valence-electron chi connectivity index (χ3n) is 3.98. The standard InChI is InChI=1S/C19H25N3O4/c1-5-25-16-6-8-17(9-7-16)26-15(4)18(23)20-10-11-22-12-21-14(3)13(2)19(22)24/h6-9,12,15H,5,10-11H2,1-4H3,(H,20,23). The summed E-state index contributed by atoms with van der Waals surface area (Å²) in [5.74, 6) is 1.10. The van der Waals surface area contributed by atoms with Crippen LogP contribution >= 0.6 is 0 Å². The number of amides is 1. The van der Waals surface area contributed by atoms with Gasteiger partial charge in [-0.1, -0.05) is 0 Å². The van der Waals surface area contributed by atoms with Crippen molar-refractivity contribution in [1.82, 2.24) is 14.9 Å². The van der Waals surface area contributed by atoms with Gasteiger partial charge in [-0.3, -0.25) is 14.2 Å². The van der Waals surface area contributed by atoms with Crippen LogP contribution in [0.1, 0.15) is 25.1 Å². The molecule has 0 bridgehead atoms. The third kappa shape index (κ3) is 5.08. The fourth-order valence-electron chi connectivity index (χ4n) is 2.32. The van der Waals surface area contributed by atoms with E-state index in [1.54, 1.807) is 45.0 Å². The Hall–Kier alpha value is -2.83. The molecule has 1 N–H and O–H groups in total. The van der Waals surface area contributed by atoms with Crippen molar-refractivity contribution >= 4 is 5.91 Å². The Morgan fingerprint density at radius 3 is 2.54 bits per heavy atom. The molecule has 1 atom stereocenters. The molecule has 0 aliphatic heterocycles. The number of nitrogens with zero attached hydrogens (tertiary/aromatic N) is 2. The molecular weight excluding hydrogens is 334 g/mol. The van der Waals surface area contributed by atoms with E-state index in [2.05, 4.69) is 10.3 Å². The van der Waals surface area contributed by atoms with Crippen molar-refractivity contribution in [2.24, 2.45) is 0 Å². The van der Waals surface area contributed by atoms with Gasteiger partial charge in [-0.15, -0.1) is 0 Å². The molecule has 0 fully saturated rings. The highest BCUT2D eigenvalue weighted by Gasteiger charge is 2.14. The molecule has 1 amide bonds. The molecule has 140 valence electrons. The number of aryl methyl sites for hydroxylation is 1. The molecule has 1 heterocycles. The van der Waals surface area contributed by atoms with Gasteiger partial charge in [0.25, 0.3) is 11.5 Å². The lowest BCUT2D eigenvalue weighted by Gasteiger charge is -2.15. The van der Waals surface area contributed by atoms with Crippen LogP contribution in [0.15, 0.2) is 35.4 Å². The molecule has 2 aromatic rings. The lowest BCUT2D eigenvalue weighted by Crippen LogP contribution is -2.39. The number of rotatable bonds is 8. The van der Waals surface area contributed by atoms with Gasteiger partial charge in [0.2, 0.25) is 0 Å². The molecule has 0 aliphatic carbocycles. The van der Waals surface area contributed by atoms with Crippen molar-refractivity contribution in [3.63, 3.8) is 0 Å². The van der Waals surface area contributed by atoms with Gasteiger partial charge in [-0.05, 0) is 52.0 Å². The van der Waals surface area contributed by atoms with Crippen molar-refractivity contribution in [3.05, 3.63) is 52.2 Å². The van der Waals surface area contributed by atoms with Gasteiger partial charge in [-0.2, -0.15) is 0 Å². The zero-order valence-corrected chi connectivity index (χ0v) is 15.6. The summed E-state index contributed by atoms with van der Waals surface area (Å²) in [7, 11) is 0. The van der Waals surface area contributed by atoms with Crippen LogP contribution in [0.5, 0.6) is 11.5 Å². The summed E-state index contributed by atoms with van der Waals surface area (Å²) in [5.41, 5.74) is 1.24. The fourth-order valence-corrected chi connectivity index (χ4v) is 2.32. The highest BCUT2D eigenvalue weighted by molar-refractivity contribution is 5.80. The summed E-state index contributed by atoms with van der Waals surface area (Å²) < 4.78 is 12.5. The monoisotopic (exact) mass is 359 g/mol. The molecule has 1 aromatic carbocycles. The van der Waals surface area contributed by atoms with Crippen LogP contribution in [0.3, 0.4) is 0 Å². The second kappa shape index (κ2) is 9.03. The molecule has 0 radical (unpaired) electrons. The van der Waals surface area contributed by atoms with E-state index in [1.165, 1.54) is 10.9 Å². The number of carbonyl (C=O) groups excluding carboxylic acids is 1. The van der Waals surface area contributed by atoms with Crippen molar-refractivity contribution in [2.45, 2.75) is 40.3 Å². The Balaban J connectivity index is 1.83. The summed E-state index contributed by atoms with van der Waals surface area (Å²) >= 11 is 0. The van der Waals surface area contributed by atoms with E-state index >= 15 is 0 Å². The molecule has 2 rings (SSSR count). The number of aromatic nitrogens is 2. The topological polar surface area (TPSA) is 82.4 Å².